The standard InChI is InChI=1S/C18H21FN2O3S/c1-23-15-2-3-17(16(19)9-15)20-18(22)8-14-11-24-6-5-21(14)10-13-4-7-25-12-13/h2-4,7,9,12,14H,5-6,8,10-11H2,1H3,(H,20,22)/t14-/m1/s1. The van der Waals surface area contributed by atoms with E-state index in [1.165, 1.54) is 24.8 Å². The lowest BCUT2D eigenvalue weighted by molar-refractivity contribution is -0.119. The minimum atomic E-state index is -0.511. The van der Waals surface area contributed by atoms with Crippen LogP contribution in [0.2, 0.25) is 0 Å². The quantitative estimate of drug-likeness (QED) is 0.856. The molecule has 1 aliphatic rings. The largest absolute Gasteiger partial charge is 0.497 e. The highest BCUT2D eigenvalue weighted by atomic mass is 32.1. The number of rotatable bonds is 6. The molecule has 5 nitrogen and oxygen atoms in total. The number of halogens is 1. The summed E-state index contributed by atoms with van der Waals surface area (Å²) in [7, 11) is 1.47. The molecular formula is C18H21FN2O3S. The van der Waals surface area contributed by atoms with Gasteiger partial charge < -0.3 is 14.8 Å². The zero-order valence-electron chi connectivity index (χ0n) is 14.0. The van der Waals surface area contributed by atoms with E-state index in [1.54, 1.807) is 17.4 Å². The van der Waals surface area contributed by atoms with Gasteiger partial charge in [0, 0.05) is 31.6 Å². The van der Waals surface area contributed by atoms with Gasteiger partial charge in [-0.05, 0) is 34.5 Å². The molecule has 0 saturated carbocycles. The van der Waals surface area contributed by atoms with Crippen LogP contribution in [0.3, 0.4) is 0 Å². The van der Waals surface area contributed by atoms with Gasteiger partial charge in [0.15, 0.2) is 0 Å². The van der Waals surface area contributed by atoms with E-state index in [9.17, 15) is 9.18 Å². The molecule has 1 fully saturated rings. The average Bonchev–Trinajstić information content (AvgIpc) is 3.11. The van der Waals surface area contributed by atoms with E-state index in [0.717, 1.165) is 13.1 Å². The molecule has 25 heavy (non-hydrogen) atoms. The Bertz CT molecular complexity index is 708. The van der Waals surface area contributed by atoms with Crippen LogP contribution in [-0.2, 0) is 16.1 Å². The van der Waals surface area contributed by atoms with Gasteiger partial charge in [-0.25, -0.2) is 4.39 Å². The Hall–Kier alpha value is -1.96. The third kappa shape index (κ3) is 4.78. The number of carbonyl (C=O) groups is 1. The number of amides is 1. The van der Waals surface area contributed by atoms with Crippen molar-refractivity contribution < 1.29 is 18.7 Å². The predicted octanol–water partition coefficient (Wildman–Crippen LogP) is 3.13. The van der Waals surface area contributed by atoms with Crippen LogP contribution in [0.25, 0.3) is 0 Å². The highest BCUT2D eigenvalue weighted by Crippen LogP contribution is 2.22. The normalized spacial score (nSPS) is 18.1. The number of methoxy groups -OCH3 is 1. The molecule has 7 heteroatoms. The number of hydrogen-bond acceptors (Lipinski definition) is 5. The average molecular weight is 364 g/mol. The highest BCUT2D eigenvalue weighted by molar-refractivity contribution is 7.07. The number of ether oxygens (including phenoxy) is 2. The van der Waals surface area contributed by atoms with E-state index < -0.39 is 5.82 Å². The first-order valence-electron chi connectivity index (χ1n) is 8.12. The van der Waals surface area contributed by atoms with Gasteiger partial charge in [0.2, 0.25) is 5.91 Å². The number of benzene rings is 1. The second-order valence-corrected chi connectivity index (χ2v) is 6.71. The molecule has 0 bridgehead atoms. The van der Waals surface area contributed by atoms with Crippen molar-refractivity contribution in [1.29, 1.82) is 0 Å². The number of nitrogens with zero attached hydrogens (tertiary/aromatic N) is 1. The highest BCUT2D eigenvalue weighted by Gasteiger charge is 2.26. The lowest BCUT2D eigenvalue weighted by Crippen LogP contribution is -2.46. The minimum Gasteiger partial charge on any atom is -0.497 e. The van der Waals surface area contributed by atoms with Crippen LogP contribution in [0.5, 0.6) is 5.75 Å². The van der Waals surface area contributed by atoms with Gasteiger partial charge >= 0.3 is 0 Å². The fraction of sp³-hybridized carbons (Fsp3) is 0.389. The molecule has 1 N–H and O–H groups in total. The van der Waals surface area contributed by atoms with Gasteiger partial charge in [0.1, 0.15) is 11.6 Å². The molecule has 1 atom stereocenters. The summed E-state index contributed by atoms with van der Waals surface area (Å²) < 4.78 is 24.5. The smallest absolute Gasteiger partial charge is 0.226 e. The van der Waals surface area contributed by atoms with Gasteiger partial charge in [-0.1, -0.05) is 0 Å². The fourth-order valence-electron chi connectivity index (χ4n) is 2.84. The molecule has 1 aliphatic heterocycles. The van der Waals surface area contributed by atoms with Crippen LogP contribution in [0.4, 0.5) is 10.1 Å². The minimum absolute atomic E-state index is 0.0186. The first-order valence-corrected chi connectivity index (χ1v) is 9.06. The van der Waals surface area contributed by atoms with Gasteiger partial charge in [-0.2, -0.15) is 11.3 Å². The van der Waals surface area contributed by atoms with Gasteiger partial charge in [0.05, 0.1) is 26.0 Å². The summed E-state index contributed by atoms with van der Waals surface area (Å²) in [6.45, 7) is 2.74. The fourth-order valence-corrected chi connectivity index (χ4v) is 3.50. The van der Waals surface area contributed by atoms with Crippen molar-refractivity contribution >= 4 is 22.9 Å². The first kappa shape index (κ1) is 17.8. The summed E-state index contributed by atoms with van der Waals surface area (Å²) in [5.41, 5.74) is 1.39. The summed E-state index contributed by atoms with van der Waals surface area (Å²) in [5.74, 6) is -0.323. The van der Waals surface area contributed by atoms with Crippen molar-refractivity contribution in [3.8, 4) is 5.75 Å². The first-order chi connectivity index (χ1) is 12.2. The third-order valence-corrected chi connectivity index (χ3v) is 4.92. The van der Waals surface area contributed by atoms with Crippen LogP contribution in [0, 0.1) is 5.82 Å². The molecular weight excluding hydrogens is 343 g/mol. The maximum absolute atomic E-state index is 14.0. The number of anilines is 1. The van der Waals surface area contributed by atoms with Crippen LogP contribution >= 0.6 is 11.3 Å². The molecule has 0 unspecified atom stereocenters. The number of morpholine rings is 1. The van der Waals surface area contributed by atoms with Gasteiger partial charge in [-0.15, -0.1) is 0 Å². The van der Waals surface area contributed by atoms with E-state index in [0.29, 0.717) is 19.0 Å². The molecule has 1 amide bonds. The Balaban J connectivity index is 1.60. The lowest BCUT2D eigenvalue weighted by Gasteiger charge is -2.35. The van der Waals surface area contributed by atoms with Crippen molar-refractivity contribution in [2.45, 2.75) is 19.0 Å². The number of thiophene rings is 1. The molecule has 3 rings (SSSR count). The number of carbonyl (C=O) groups excluding carboxylic acids is 1. The Morgan fingerprint density at radius 3 is 3.08 bits per heavy atom. The lowest BCUT2D eigenvalue weighted by atomic mass is 10.1. The predicted molar refractivity (Wildman–Crippen MR) is 95.5 cm³/mol. The Labute approximate surface area is 150 Å². The second-order valence-electron chi connectivity index (χ2n) is 5.93. The van der Waals surface area contributed by atoms with Crippen molar-refractivity contribution in [3.63, 3.8) is 0 Å². The van der Waals surface area contributed by atoms with Crippen molar-refractivity contribution in [2.24, 2.45) is 0 Å². The maximum atomic E-state index is 14.0. The molecule has 2 heterocycles. The Kier molecular flexibility index (Phi) is 6.01. The molecule has 134 valence electrons. The molecule has 0 spiro atoms. The third-order valence-electron chi connectivity index (χ3n) is 4.19. The van der Waals surface area contributed by atoms with E-state index >= 15 is 0 Å². The number of nitrogens with one attached hydrogen (secondary N) is 1. The molecule has 1 saturated heterocycles. The SMILES string of the molecule is COc1ccc(NC(=O)C[C@@H]2COCCN2Cc2ccsc2)c(F)c1. The van der Waals surface area contributed by atoms with E-state index in [4.69, 9.17) is 9.47 Å². The van der Waals surface area contributed by atoms with E-state index in [1.807, 2.05) is 5.38 Å². The van der Waals surface area contributed by atoms with Crippen LogP contribution in [-0.4, -0.2) is 43.7 Å². The second kappa shape index (κ2) is 8.42. The molecule has 0 aliphatic carbocycles. The number of hydrogen-bond donors (Lipinski definition) is 1. The summed E-state index contributed by atoms with van der Waals surface area (Å²) in [6.07, 6.45) is 0.260. The van der Waals surface area contributed by atoms with Crippen LogP contribution in [0.1, 0.15) is 12.0 Å². The van der Waals surface area contributed by atoms with Crippen LogP contribution in [0.15, 0.2) is 35.0 Å². The van der Waals surface area contributed by atoms with Crippen LogP contribution < -0.4 is 10.1 Å². The summed E-state index contributed by atoms with van der Waals surface area (Å²) in [6, 6.07) is 6.44. The monoisotopic (exact) mass is 364 g/mol. The van der Waals surface area contributed by atoms with E-state index in [2.05, 4.69) is 21.7 Å². The van der Waals surface area contributed by atoms with Crippen molar-refractivity contribution in [2.75, 3.05) is 32.2 Å². The summed E-state index contributed by atoms with van der Waals surface area (Å²) in [5, 5.41) is 6.79. The Morgan fingerprint density at radius 2 is 2.36 bits per heavy atom. The molecule has 1 aromatic heterocycles. The summed E-state index contributed by atoms with van der Waals surface area (Å²) >= 11 is 1.66. The maximum Gasteiger partial charge on any atom is 0.226 e. The van der Waals surface area contributed by atoms with E-state index in [-0.39, 0.29) is 24.1 Å². The van der Waals surface area contributed by atoms with Gasteiger partial charge in [0.25, 0.3) is 0 Å². The molecule has 2 aromatic rings. The Morgan fingerprint density at radius 1 is 1.48 bits per heavy atom. The molecule has 1 aromatic carbocycles. The van der Waals surface area contributed by atoms with Crippen molar-refractivity contribution in [3.05, 3.63) is 46.4 Å². The zero-order chi connectivity index (χ0) is 17.6. The topological polar surface area (TPSA) is 50.8 Å². The zero-order valence-corrected chi connectivity index (χ0v) is 14.9. The van der Waals surface area contributed by atoms with Gasteiger partial charge in [-0.3, -0.25) is 9.69 Å². The molecule has 0 radical (unpaired) electrons. The van der Waals surface area contributed by atoms with Crippen molar-refractivity contribution in [1.82, 2.24) is 4.90 Å². The summed E-state index contributed by atoms with van der Waals surface area (Å²) in [4.78, 5) is 14.6.